The molecule has 0 spiro atoms. The molecule has 0 saturated carbocycles. The molecule has 1 amide bonds. The van der Waals surface area contributed by atoms with Crippen molar-refractivity contribution in [3.63, 3.8) is 0 Å². The molecule has 0 aliphatic carbocycles. The number of nitrogens with zero attached hydrogens (tertiary/aromatic N) is 5. The van der Waals surface area contributed by atoms with Gasteiger partial charge in [0.05, 0.1) is 0 Å². The van der Waals surface area contributed by atoms with E-state index in [-0.39, 0.29) is 11.3 Å². The highest BCUT2D eigenvalue weighted by molar-refractivity contribution is 5.92. The van der Waals surface area contributed by atoms with Crippen molar-refractivity contribution >= 4 is 5.91 Å². The third-order valence-electron chi connectivity index (χ3n) is 5.27. The molecule has 170 valence electrons. The third-order valence-corrected chi connectivity index (χ3v) is 5.27. The maximum Gasteiger partial charge on any atom is 0.271 e. The summed E-state index contributed by atoms with van der Waals surface area (Å²) >= 11 is 0. The van der Waals surface area contributed by atoms with Crippen LogP contribution in [-0.2, 0) is 12.0 Å². The van der Waals surface area contributed by atoms with E-state index in [1.54, 1.807) is 29.4 Å². The van der Waals surface area contributed by atoms with Crippen molar-refractivity contribution in [3.05, 3.63) is 77.8 Å². The number of imidazole rings is 1. The molecular weight excluding hydrogens is 416 g/mol. The second-order valence-electron chi connectivity index (χ2n) is 9.32. The minimum Gasteiger partial charge on any atom is -0.347 e. The van der Waals surface area contributed by atoms with Crippen molar-refractivity contribution in [2.45, 2.75) is 52.5 Å². The van der Waals surface area contributed by atoms with Crippen LogP contribution in [0, 0.1) is 0 Å². The van der Waals surface area contributed by atoms with E-state index in [1.165, 1.54) is 5.56 Å². The van der Waals surface area contributed by atoms with E-state index in [0.29, 0.717) is 35.7 Å². The Bertz CT molecular complexity index is 1250. The zero-order valence-electron chi connectivity index (χ0n) is 19.5. The lowest BCUT2D eigenvalue weighted by molar-refractivity contribution is 0.0946. The molecule has 4 aromatic rings. The van der Waals surface area contributed by atoms with Gasteiger partial charge < -0.3 is 9.84 Å². The molecule has 33 heavy (non-hydrogen) atoms. The first-order valence-corrected chi connectivity index (χ1v) is 10.9. The number of carbonyl (C=O) groups is 1. The predicted octanol–water partition coefficient (Wildman–Crippen LogP) is 4.67. The number of benzene rings is 1. The average molecular weight is 445 g/mol. The summed E-state index contributed by atoms with van der Waals surface area (Å²) in [6, 6.07) is 11.9. The Hall–Kier alpha value is -3.81. The van der Waals surface area contributed by atoms with Gasteiger partial charge in [0.15, 0.2) is 5.82 Å². The highest BCUT2D eigenvalue weighted by atomic mass is 16.5. The topological polar surface area (TPSA) is 98.7 Å². The smallest absolute Gasteiger partial charge is 0.271 e. The molecule has 8 heteroatoms. The zero-order chi connectivity index (χ0) is 23.6. The molecule has 0 saturated heterocycles. The molecule has 0 fully saturated rings. The molecule has 1 aromatic carbocycles. The molecule has 0 bridgehead atoms. The van der Waals surface area contributed by atoms with Gasteiger partial charge in [0.1, 0.15) is 17.8 Å². The van der Waals surface area contributed by atoms with Crippen LogP contribution in [-0.4, -0.2) is 30.6 Å². The molecular formula is C25H28N6O2. The van der Waals surface area contributed by atoms with Crippen LogP contribution >= 0.6 is 0 Å². The Balaban J connectivity index is 1.45. The van der Waals surface area contributed by atoms with Gasteiger partial charge in [0, 0.05) is 29.9 Å². The van der Waals surface area contributed by atoms with Crippen molar-refractivity contribution in [2.24, 2.45) is 0 Å². The molecule has 1 N–H and O–H groups in total. The van der Waals surface area contributed by atoms with Gasteiger partial charge in [-0.2, -0.15) is 4.98 Å². The van der Waals surface area contributed by atoms with Gasteiger partial charge in [-0.3, -0.25) is 9.36 Å². The standard InChI is InChI=1S/C25H28N6O2/c1-16(2)18-8-6-17(7-9-18)13-27-22(32)20-14-31(15-28-20)21-12-19(10-11-26-21)23-29-24(30-33-23)25(3,4)5/h6-12,14-16H,13H2,1-5H3,(H,27,32). The van der Waals surface area contributed by atoms with E-state index in [9.17, 15) is 4.79 Å². The van der Waals surface area contributed by atoms with Crippen LogP contribution in [0.5, 0.6) is 0 Å². The summed E-state index contributed by atoms with van der Waals surface area (Å²) < 4.78 is 7.12. The maximum atomic E-state index is 12.6. The lowest BCUT2D eigenvalue weighted by Gasteiger charge is -2.10. The summed E-state index contributed by atoms with van der Waals surface area (Å²) in [6.45, 7) is 10.8. The minimum absolute atomic E-state index is 0.208. The summed E-state index contributed by atoms with van der Waals surface area (Å²) in [5, 5.41) is 6.99. The number of pyridine rings is 1. The molecule has 0 unspecified atom stereocenters. The molecule has 8 nitrogen and oxygen atoms in total. The first kappa shape index (κ1) is 22.4. The number of aromatic nitrogens is 5. The number of carbonyl (C=O) groups excluding carboxylic acids is 1. The molecule has 4 rings (SSSR count). The van der Waals surface area contributed by atoms with Gasteiger partial charge in [-0.05, 0) is 29.2 Å². The van der Waals surface area contributed by atoms with Crippen LogP contribution in [0.15, 0.2) is 59.6 Å². The average Bonchev–Trinajstić information content (AvgIpc) is 3.48. The van der Waals surface area contributed by atoms with Gasteiger partial charge in [-0.1, -0.05) is 64.0 Å². The quantitative estimate of drug-likeness (QED) is 0.464. The Morgan fingerprint density at radius 2 is 1.88 bits per heavy atom. The van der Waals surface area contributed by atoms with Gasteiger partial charge in [0.25, 0.3) is 11.8 Å². The number of hydrogen-bond acceptors (Lipinski definition) is 6. The summed E-state index contributed by atoms with van der Waals surface area (Å²) in [4.78, 5) is 25.7. The Morgan fingerprint density at radius 1 is 1.12 bits per heavy atom. The van der Waals surface area contributed by atoms with E-state index in [1.807, 2.05) is 39.0 Å². The largest absolute Gasteiger partial charge is 0.347 e. The van der Waals surface area contributed by atoms with E-state index in [0.717, 1.165) is 11.1 Å². The molecule has 0 aliphatic rings. The van der Waals surface area contributed by atoms with Crippen LogP contribution in [0.2, 0.25) is 0 Å². The highest BCUT2D eigenvalue weighted by Gasteiger charge is 2.22. The lowest BCUT2D eigenvalue weighted by Crippen LogP contribution is -2.23. The molecule has 0 aliphatic heterocycles. The van der Waals surface area contributed by atoms with Crippen molar-refractivity contribution in [1.29, 1.82) is 0 Å². The first-order chi connectivity index (χ1) is 15.7. The fourth-order valence-corrected chi connectivity index (χ4v) is 3.20. The van der Waals surface area contributed by atoms with E-state index in [4.69, 9.17) is 4.52 Å². The molecule has 0 atom stereocenters. The predicted molar refractivity (Wildman–Crippen MR) is 125 cm³/mol. The van der Waals surface area contributed by atoms with Crippen LogP contribution < -0.4 is 5.32 Å². The van der Waals surface area contributed by atoms with Crippen LogP contribution in [0.1, 0.15) is 68.0 Å². The van der Waals surface area contributed by atoms with Gasteiger partial charge >= 0.3 is 0 Å². The van der Waals surface area contributed by atoms with E-state index < -0.39 is 0 Å². The molecule has 3 aromatic heterocycles. The van der Waals surface area contributed by atoms with E-state index >= 15 is 0 Å². The SMILES string of the molecule is CC(C)c1ccc(CNC(=O)c2cn(-c3cc(-c4nc(C(C)(C)C)no4)ccn3)cn2)cc1. The molecule has 3 heterocycles. The van der Waals surface area contributed by atoms with Gasteiger partial charge in [0.2, 0.25) is 0 Å². The maximum absolute atomic E-state index is 12.6. The molecule has 0 radical (unpaired) electrons. The Morgan fingerprint density at radius 3 is 2.55 bits per heavy atom. The van der Waals surface area contributed by atoms with Gasteiger partial charge in [-0.25, -0.2) is 9.97 Å². The van der Waals surface area contributed by atoms with Crippen molar-refractivity contribution in [1.82, 2.24) is 30.0 Å². The monoisotopic (exact) mass is 444 g/mol. The Kier molecular flexibility index (Phi) is 6.09. The number of nitrogens with one attached hydrogen (secondary N) is 1. The van der Waals surface area contributed by atoms with Crippen molar-refractivity contribution in [2.75, 3.05) is 0 Å². The summed E-state index contributed by atoms with van der Waals surface area (Å²) in [5.74, 6) is 1.88. The number of hydrogen-bond donors (Lipinski definition) is 1. The second kappa shape index (κ2) is 8.97. The number of amides is 1. The summed E-state index contributed by atoms with van der Waals surface area (Å²) in [6.07, 6.45) is 4.87. The fourth-order valence-electron chi connectivity index (χ4n) is 3.20. The summed E-state index contributed by atoms with van der Waals surface area (Å²) in [5.41, 5.74) is 3.16. The van der Waals surface area contributed by atoms with Crippen LogP contribution in [0.4, 0.5) is 0 Å². The fraction of sp³-hybridized carbons (Fsp3) is 0.320. The lowest BCUT2D eigenvalue weighted by atomic mass is 9.96. The third kappa shape index (κ3) is 5.16. The number of rotatable bonds is 6. The van der Waals surface area contributed by atoms with Gasteiger partial charge in [-0.15, -0.1) is 0 Å². The summed E-state index contributed by atoms with van der Waals surface area (Å²) in [7, 11) is 0. The zero-order valence-corrected chi connectivity index (χ0v) is 19.5. The van der Waals surface area contributed by atoms with Crippen molar-refractivity contribution in [3.8, 4) is 17.3 Å². The second-order valence-corrected chi connectivity index (χ2v) is 9.32. The van der Waals surface area contributed by atoms with E-state index in [2.05, 4.69) is 51.4 Å². The first-order valence-electron chi connectivity index (χ1n) is 10.9. The highest BCUT2D eigenvalue weighted by Crippen LogP contribution is 2.24. The normalized spacial score (nSPS) is 11.7. The van der Waals surface area contributed by atoms with Crippen LogP contribution in [0.3, 0.4) is 0 Å². The van der Waals surface area contributed by atoms with Crippen LogP contribution in [0.25, 0.3) is 17.3 Å². The Labute approximate surface area is 193 Å². The van der Waals surface area contributed by atoms with Crippen molar-refractivity contribution < 1.29 is 9.32 Å². The minimum atomic E-state index is -0.246.